The van der Waals surface area contributed by atoms with Crippen molar-refractivity contribution in [2.24, 2.45) is 0 Å². The van der Waals surface area contributed by atoms with Gasteiger partial charge in [-0.3, -0.25) is 14.2 Å². The summed E-state index contributed by atoms with van der Waals surface area (Å²) in [6.07, 6.45) is 5.99. The van der Waals surface area contributed by atoms with Crippen LogP contribution in [0.2, 0.25) is 0 Å². The second kappa shape index (κ2) is 7.66. The highest BCUT2D eigenvalue weighted by Gasteiger charge is 2.31. The molecule has 2 aliphatic rings. The van der Waals surface area contributed by atoms with Gasteiger partial charge < -0.3 is 15.0 Å². The van der Waals surface area contributed by atoms with Crippen molar-refractivity contribution in [3.63, 3.8) is 0 Å². The number of carbonyl (C=O) groups excluding carboxylic acids is 1. The Kier molecular flexibility index (Phi) is 5.07. The second-order valence-corrected chi connectivity index (χ2v) is 7.64. The molecule has 7 heteroatoms. The number of carbonyl (C=O) groups is 1. The molecular formula is C21H25N3O4. The summed E-state index contributed by atoms with van der Waals surface area (Å²) in [4.78, 5) is 39.7. The van der Waals surface area contributed by atoms with Crippen molar-refractivity contribution in [2.45, 2.75) is 64.0 Å². The van der Waals surface area contributed by atoms with E-state index in [0.29, 0.717) is 35.5 Å². The standard InChI is InChI=1S/C21H25N3O4/c1-13(25)22-14-7-9-16(10-8-14)28-18-12-11-17-19(18)23-21(27)24(20(17)26)15-5-3-2-4-6-15/h7-10,15,18H,2-6,11-12H2,1H3,(H,22,25)(H,23,27)/t18-/m1/s1. The molecule has 7 nitrogen and oxygen atoms in total. The van der Waals surface area contributed by atoms with Crippen molar-refractivity contribution in [3.8, 4) is 5.75 Å². The maximum absolute atomic E-state index is 13.0. The molecule has 1 heterocycles. The summed E-state index contributed by atoms with van der Waals surface area (Å²) in [7, 11) is 0. The fourth-order valence-corrected chi connectivity index (χ4v) is 4.31. The van der Waals surface area contributed by atoms with Crippen molar-refractivity contribution in [1.82, 2.24) is 9.55 Å². The van der Waals surface area contributed by atoms with Gasteiger partial charge in [-0.25, -0.2) is 4.79 Å². The molecule has 0 radical (unpaired) electrons. The van der Waals surface area contributed by atoms with Crippen LogP contribution in [0.4, 0.5) is 5.69 Å². The van der Waals surface area contributed by atoms with Gasteiger partial charge >= 0.3 is 5.69 Å². The first-order valence-electron chi connectivity index (χ1n) is 9.95. The van der Waals surface area contributed by atoms with Crippen molar-refractivity contribution in [2.75, 3.05) is 5.32 Å². The molecule has 0 spiro atoms. The number of anilines is 1. The van der Waals surface area contributed by atoms with E-state index in [1.54, 1.807) is 24.3 Å². The van der Waals surface area contributed by atoms with Crippen molar-refractivity contribution in [3.05, 3.63) is 56.4 Å². The van der Waals surface area contributed by atoms with E-state index < -0.39 is 0 Å². The molecule has 148 valence electrons. The van der Waals surface area contributed by atoms with Crippen molar-refractivity contribution < 1.29 is 9.53 Å². The highest BCUT2D eigenvalue weighted by Crippen LogP contribution is 2.33. The smallest absolute Gasteiger partial charge is 0.328 e. The third-order valence-corrected chi connectivity index (χ3v) is 5.63. The van der Waals surface area contributed by atoms with Gasteiger partial charge in [0, 0.05) is 24.2 Å². The molecule has 0 aliphatic heterocycles. The number of aromatic amines is 1. The molecule has 28 heavy (non-hydrogen) atoms. The number of nitrogens with zero attached hydrogens (tertiary/aromatic N) is 1. The molecule has 0 saturated heterocycles. The summed E-state index contributed by atoms with van der Waals surface area (Å²) in [5.74, 6) is 0.495. The number of hydrogen-bond acceptors (Lipinski definition) is 4. The van der Waals surface area contributed by atoms with Crippen LogP contribution in [0.3, 0.4) is 0 Å². The lowest BCUT2D eigenvalue weighted by Crippen LogP contribution is -2.41. The Morgan fingerprint density at radius 1 is 1.11 bits per heavy atom. The molecule has 0 unspecified atom stereocenters. The summed E-state index contributed by atoms with van der Waals surface area (Å²) in [6, 6.07) is 7.07. The number of ether oxygens (including phenoxy) is 1. The van der Waals surface area contributed by atoms with Crippen molar-refractivity contribution >= 4 is 11.6 Å². The molecule has 4 rings (SSSR count). The first-order chi connectivity index (χ1) is 13.5. The number of fused-ring (bicyclic) bond motifs is 1. The predicted octanol–water partition coefficient (Wildman–Crippen LogP) is 3.07. The van der Waals surface area contributed by atoms with E-state index in [1.807, 2.05) is 0 Å². The summed E-state index contributed by atoms with van der Waals surface area (Å²) in [5, 5.41) is 2.71. The Hall–Kier alpha value is -2.83. The van der Waals surface area contributed by atoms with Gasteiger partial charge in [-0.15, -0.1) is 0 Å². The highest BCUT2D eigenvalue weighted by molar-refractivity contribution is 5.88. The van der Waals surface area contributed by atoms with Crippen LogP contribution >= 0.6 is 0 Å². The lowest BCUT2D eigenvalue weighted by atomic mass is 9.95. The van der Waals surface area contributed by atoms with Gasteiger partial charge in [0.1, 0.15) is 11.9 Å². The molecule has 1 fully saturated rings. The van der Waals surface area contributed by atoms with E-state index in [-0.39, 0.29) is 29.3 Å². The number of amides is 1. The maximum Gasteiger partial charge on any atom is 0.328 e. The average Bonchev–Trinajstić information content (AvgIpc) is 3.06. The van der Waals surface area contributed by atoms with Gasteiger partial charge in [-0.1, -0.05) is 19.3 Å². The molecule has 2 aliphatic carbocycles. The van der Waals surface area contributed by atoms with Crippen LogP contribution in [-0.2, 0) is 11.2 Å². The van der Waals surface area contributed by atoms with Crippen LogP contribution in [0.1, 0.15) is 68.9 Å². The minimum atomic E-state index is -0.344. The number of nitrogens with one attached hydrogen (secondary N) is 2. The van der Waals surface area contributed by atoms with Crippen LogP contribution in [0, 0.1) is 0 Å². The van der Waals surface area contributed by atoms with Gasteiger partial charge in [0.05, 0.1) is 5.69 Å². The van der Waals surface area contributed by atoms with Crippen molar-refractivity contribution in [1.29, 1.82) is 0 Å². The normalized spacial score (nSPS) is 19.2. The molecule has 1 saturated carbocycles. The highest BCUT2D eigenvalue weighted by atomic mass is 16.5. The number of hydrogen-bond donors (Lipinski definition) is 2. The maximum atomic E-state index is 13.0. The third-order valence-electron chi connectivity index (χ3n) is 5.63. The summed E-state index contributed by atoms with van der Waals surface area (Å²) in [6.45, 7) is 1.45. The lowest BCUT2D eigenvalue weighted by Gasteiger charge is -2.23. The van der Waals surface area contributed by atoms with E-state index in [4.69, 9.17) is 4.74 Å². The van der Waals surface area contributed by atoms with E-state index in [0.717, 1.165) is 25.7 Å². The Bertz CT molecular complexity index is 984. The van der Waals surface area contributed by atoms with Crippen LogP contribution in [0.15, 0.2) is 33.9 Å². The number of rotatable bonds is 4. The average molecular weight is 383 g/mol. The van der Waals surface area contributed by atoms with E-state index >= 15 is 0 Å². The monoisotopic (exact) mass is 383 g/mol. The van der Waals surface area contributed by atoms with Crippen LogP contribution in [0.25, 0.3) is 0 Å². The Morgan fingerprint density at radius 3 is 2.50 bits per heavy atom. The Balaban J connectivity index is 1.57. The minimum absolute atomic E-state index is 0.0107. The Labute approximate surface area is 162 Å². The van der Waals surface area contributed by atoms with Gasteiger partial charge in [0.2, 0.25) is 5.91 Å². The molecule has 1 aromatic heterocycles. The molecular weight excluding hydrogens is 358 g/mol. The summed E-state index contributed by atoms with van der Waals surface area (Å²) >= 11 is 0. The first kappa shape index (κ1) is 18.5. The number of aromatic nitrogens is 2. The van der Waals surface area contributed by atoms with Crippen LogP contribution < -0.4 is 21.3 Å². The minimum Gasteiger partial charge on any atom is -0.484 e. The quantitative estimate of drug-likeness (QED) is 0.849. The zero-order valence-electron chi connectivity index (χ0n) is 16.0. The van der Waals surface area contributed by atoms with Crippen LogP contribution in [0.5, 0.6) is 5.75 Å². The van der Waals surface area contributed by atoms with Gasteiger partial charge in [-0.2, -0.15) is 0 Å². The van der Waals surface area contributed by atoms with Gasteiger partial charge in [0.25, 0.3) is 5.56 Å². The topological polar surface area (TPSA) is 93.2 Å². The zero-order valence-corrected chi connectivity index (χ0v) is 16.0. The molecule has 2 aromatic rings. The molecule has 1 amide bonds. The third kappa shape index (κ3) is 3.61. The van der Waals surface area contributed by atoms with Crippen LogP contribution in [-0.4, -0.2) is 15.5 Å². The lowest BCUT2D eigenvalue weighted by molar-refractivity contribution is -0.114. The number of H-pyrrole nitrogens is 1. The fourth-order valence-electron chi connectivity index (χ4n) is 4.31. The summed E-state index contributed by atoms with van der Waals surface area (Å²) < 4.78 is 7.46. The zero-order chi connectivity index (χ0) is 19.7. The molecule has 2 N–H and O–H groups in total. The summed E-state index contributed by atoms with van der Waals surface area (Å²) in [5.41, 5.74) is 1.48. The van der Waals surface area contributed by atoms with E-state index in [1.165, 1.54) is 17.9 Å². The Morgan fingerprint density at radius 2 is 1.82 bits per heavy atom. The first-order valence-corrected chi connectivity index (χ1v) is 9.95. The predicted molar refractivity (Wildman–Crippen MR) is 106 cm³/mol. The largest absolute Gasteiger partial charge is 0.484 e. The fraction of sp³-hybridized carbons (Fsp3) is 0.476. The SMILES string of the molecule is CC(=O)Nc1ccc(O[C@@H]2CCc3c2[nH]c(=O)n(C2CCCCC2)c3=O)cc1. The van der Waals surface area contributed by atoms with E-state index in [9.17, 15) is 14.4 Å². The van der Waals surface area contributed by atoms with Gasteiger partial charge in [0.15, 0.2) is 0 Å². The molecule has 1 aromatic carbocycles. The molecule has 0 bridgehead atoms. The second-order valence-electron chi connectivity index (χ2n) is 7.64. The number of benzene rings is 1. The molecule has 1 atom stereocenters. The van der Waals surface area contributed by atoms with E-state index in [2.05, 4.69) is 10.3 Å². The van der Waals surface area contributed by atoms with Gasteiger partial charge in [-0.05, 0) is 49.9 Å².